The number of hydrogen-bond donors (Lipinski definition) is 0. The Morgan fingerprint density at radius 3 is 2.30 bits per heavy atom. The monoisotopic (exact) mass is 629 g/mol. The number of ether oxygens (including phenoxy) is 1. The Kier molecular flexibility index (Phi) is 9.38. The Hall–Kier alpha value is -4.98. The molecular weight excluding hydrogens is 586 g/mol. The standard InChI is InChI=1S/C39H43N5O3/c1-5-6-17-34-40-33-22-23-35(43-25-12-24-42(38(43)46)26-28-13-8-7-9-14-28)41-36(33)44(34)27-29-18-20-30(21-19-29)31-15-10-11-16-32(31)37(45)47-39(2,3)4/h7-11,13-16,18-23H,5-6,12,17,24-27H2,1-4H3. The molecule has 47 heavy (non-hydrogen) atoms. The summed E-state index contributed by atoms with van der Waals surface area (Å²) in [5.41, 5.74) is 5.57. The van der Waals surface area contributed by atoms with Crippen molar-refractivity contribution in [1.29, 1.82) is 0 Å². The average Bonchev–Trinajstić information content (AvgIpc) is 3.41. The third kappa shape index (κ3) is 7.38. The predicted molar refractivity (Wildman–Crippen MR) is 186 cm³/mol. The van der Waals surface area contributed by atoms with Gasteiger partial charge in [0, 0.05) is 26.1 Å². The molecule has 2 aromatic heterocycles. The second-order valence-electron chi connectivity index (χ2n) is 13.2. The van der Waals surface area contributed by atoms with E-state index in [1.54, 1.807) is 4.90 Å². The fourth-order valence-electron chi connectivity index (χ4n) is 6.04. The molecule has 1 fully saturated rings. The summed E-state index contributed by atoms with van der Waals surface area (Å²) in [5, 5.41) is 0. The van der Waals surface area contributed by atoms with Gasteiger partial charge in [0.05, 0.1) is 12.1 Å². The normalized spacial score (nSPS) is 13.7. The van der Waals surface area contributed by atoms with Gasteiger partial charge < -0.3 is 14.2 Å². The minimum absolute atomic E-state index is 0.0218. The van der Waals surface area contributed by atoms with Crippen LogP contribution < -0.4 is 4.90 Å². The second-order valence-corrected chi connectivity index (χ2v) is 13.2. The van der Waals surface area contributed by atoms with Gasteiger partial charge in [-0.05, 0) is 74.1 Å². The SMILES string of the molecule is CCCCc1nc2ccc(N3CCCN(Cc4ccccc4)C3=O)nc2n1Cc1ccc(-c2ccccc2C(=O)OC(C)(C)C)cc1. The molecule has 0 aliphatic carbocycles. The molecule has 3 heterocycles. The molecule has 1 aliphatic rings. The largest absolute Gasteiger partial charge is 0.456 e. The molecule has 0 spiro atoms. The number of rotatable bonds is 10. The summed E-state index contributed by atoms with van der Waals surface area (Å²) < 4.78 is 7.86. The Bertz CT molecular complexity index is 1860. The average molecular weight is 630 g/mol. The van der Waals surface area contributed by atoms with Crippen LogP contribution in [0.4, 0.5) is 10.6 Å². The minimum atomic E-state index is -0.576. The molecule has 0 radical (unpaired) electrons. The van der Waals surface area contributed by atoms with E-state index < -0.39 is 5.60 Å². The zero-order chi connectivity index (χ0) is 33.0. The number of imidazole rings is 1. The molecule has 0 saturated carbocycles. The number of hydrogen-bond acceptors (Lipinski definition) is 5. The number of nitrogens with zero attached hydrogens (tertiary/aromatic N) is 5. The summed E-state index contributed by atoms with van der Waals surface area (Å²) >= 11 is 0. The van der Waals surface area contributed by atoms with Gasteiger partial charge in [-0.3, -0.25) is 4.90 Å². The van der Waals surface area contributed by atoms with Crippen LogP contribution >= 0.6 is 0 Å². The van der Waals surface area contributed by atoms with Gasteiger partial charge in [0.2, 0.25) is 0 Å². The third-order valence-electron chi connectivity index (χ3n) is 8.37. The maximum atomic E-state index is 13.6. The molecular formula is C39H43N5O3. The molecule has 0 unspecified atom stereocenters. The van der Waals surface area contributed by atoms with Gasteiger partial charge >= 0.3 is 12.0 Å². The molecule has 1 aliphatic heterocycles. The zero-order valence-electron chi connectivity index (χ0n) is 27.8. The zero-order valence-corrected chi connectivity index (χ0v) is 27.8. The van der Waals surface area contributed by atoms with E-state index in [4.69, 9.17) is 14.7 Å². The van der Waals surface area contributed by atoms with Crippen LogP contribution in [0.3, 0.4) is 0 Å². The quantitative estimate of drug-likeness (QED) is 0.145. The molecule has 0 bridgehead atoms. The van der Waals surface area contributed by atoms with Crippen LogP contribution in [-0.2, 0) is 24.2 Å². The Balaban J connectivity index is 1.28. The first-order valence-corrected chi connectivity index (χ1v) is 16.6. The van der Waals surface area contributed by atoms with Gasteiger partial charge in [0.15, 0.2) is 5.65 Å². The van der Waals surface area contributed by atoms with Gasteiger partial charge in [0.1, 0.15) is 22.8 Å². The lowest BCUT2D eigenvalue weighted by molar-refractivity contribution is 0.00704. The number of aryl methyl sites for hydroxylation is 1. The number of esters is 1. The number of urea groups is 1. The summed E-state index contributed by atoms with van der Waals surface area (Å²) in [6.45, 7) is 10.3. The van der Waals surface area contributed by atoms with Crippen molar-refractivity contribution in [1.82, 2.24) is 19.4 Å². The van der Waals surface area contributed by atoms with Crippen LogP contribution in [0.15, 0.2) is 91.0 Å². The van der Waals surface area contributed by atoms with E-state index >= 15 is 0 Å². The van der Waals surface area contributed by atoms with E-state index in [1.165, 1.54) is 0 Å². The summed E-state index contributed by atoms with van der Waals surface area (Å²) in [6.07, 6.45) is 3.81. The highest BCUT2D eigenvalue weighted by molar-refractivity contribution is 5.97. The molecule has 8 nitrogen and oxygen atoms in total. The number of amides is 2. The molecule has 1 saturated heterocycles. The third-order valence-corrected chi connectivity index (χ3v) is 8.37. The maximum absolute atomic E-state index is 13.6. The van der Waals surface area contributed by atoms with Gasteiger partial charge in [-0.25, -0.2) is 19.6 Å². The summed E-state index contributed by atoms with van der Waals surface area (Å²) in [4.78, 5) is 40.4. The summed E-state index contributed by atoms with van der Waals surface area (Å²) in [7, 11) is 0. The molecule has 242 valence electrons. The maximum Gasteiger partial charge on any atom is 0.339 e. The fourth-order valence-corrected chi connectivity index (χ4v) is 6.04. The first-order valence-electron chi connectivity index (χ1n) is 16.6. The molecule has 5 aromatic rings. The fraction of sp³-hybridized carbons (Fsp3) is 0.333. The van der Waals surface area contributed by atoms with Crippen molar-refractivity contribution < 1.29 is 14.3 Å². The molecule has 2 amide bonds. The van der Waals surface area contributed by atoms with E-state index in [9.17, 15) is 9.59 Å². The lowest BCUT2D eigenvalue weighted by Crippen LogP contribution is -2.49. The van der Waals surface area contributed by atoms with Crippen LogP contribution in [0.1, 0.15) is 74.3 Å². The number of carbonyl (C=O) groups excluding carboxylic acids is 2. The van der Waals surface area contributed by atoms with Crippen molar-refractivity contribution in [3.8, 4) is 11.1 Å². The second kappa shape index (κ2) is 13.8. The number of carbonyl (C=O) groups is 2. The van der Waals surface area contributed by atoms with Crippen LogP contribution in [0.5, 0.6) is 0 Å². The van der Waals surface area contributed by atoms with Crippen LogP contribution in [0.2, 0.25) is 0 Å². The highest BCUT2D eigenvalue weighted by Gasteiger charge is 2.28. The first kappa shape index (κ1) is 32.0. The van der Waals surface area contributed by atoms with Gasteiger partial charge in [-0.2, -0.15) is 0 Å². The van der Waals surface area contributed by atoms with Crippen molar-refractivity contribution in [2.45, 2.75) is 72.1 Å². The lowest BCUT2D eigenvalue weighted by Gasteiger charge is -2.35. The molecule has 0 atom stereocenters. The van der Waals surface area contributed by atoms with Crippen LogP contribution in [-0.4, -0.2) is 50.1 Å². The van der Waals surface area contributed by atoms with E-state index in [-0.39, 0.29) is 12.0 Å². The molecule has 0 N–H and O–H groups in total. The van der Waals surface area contributed by atoms with E-state index in [2.05, 4.69) is 47.9 Å². The number of aromatic nitrogens is 3. The minimum Gasteiger partial charge on any atom is -0.456 e. The van der Waals surface area contributed by atoms with Crippen molar-refractivity contribution in [2.75, 3.05) is 18.0 Å². The topological polar surface area (TPSA) is 80.6 Å². The Labute approximate surface area is 277 Å². The number of unbranched alkanes of at least 4 members (excludes halogenated alkanes) is 1. The van der Waals surface area contributed by atoms with E-state index in [1.807, 2.05) is 80.3 Å². The highest BCUT2D eigenvalue weighted by atomic mass is 16.6. The first-order chi connectivity index (χ1) is 22.7. The van der Waals surface area contributed by atoms with Crippen molar-refractivity contribution in [3.05, 3.63) is 114 Å². The number of benzene rings is 3. The van der Waals surface area contributed by atoms with Crippen molar-refractivity contribution >= 4 is 29.0 Å². The van der Waals surface area contributed by atoms with Crippen LogP contribution in [0, 0.1) is 0 Å². The van der Waals surface area contributed by atoms with E-state index in [0.717, 1.165) is 71.5 Å². The van der Waals surface area contributed by atoms with E-state index in [0.29, 0.717) is 31.0 Å². The van der Waals surface area contributed by atoms with Gasteiger partial charge in [-0.15, -0.1) is 0 Å². The smallest absolute Gasteiger partial charge is 0.339 e. The molecule has 6 rings (SSSR count). The number of pyridine rings is 1. The Morgan fingerprint density at radius 1 is 0.830 bits per heavy atom. The van der Waals surface area contributed by atoms with Crippen molar-refractivity contribution in [2.24, 2.45) is 0 Å². The molecule has 3 aromatic carbocycles. The lowest BCUT2D eigenvalue weighted by atomic mass is 9.98. The molecule has 8 heteroatoms. The van der Waals surface area contributed by atoms with Gasteiger partial charge in [-0.1, -0.05) is 86.1 Å². The van der Waals surface area contributed by atoms with Gasteiger partial charge in [0.25, 0.3) is 0 Å². The number of anilines is 1. The summed E-state index contributed by atoms with van der Waals surface area (Å²) in [5.74, 6) is 1.30. The predicted octanol–water partition coefficient (Wildman–Crippen LogP) is 8.28. The highest BCUT2D eigenvalue weighted by Crippen LogP contribution is 2.28. The van der Waals surface area contributed by atoms with Crippen LogP contribution in [0.25, 0.3) is 22.3 Å². The van der Waals surface area contributed by atoms with Crippen molar-refractivity contribution in [3.63, 3.8) is 0 Å². The summed E-state index contributed by atoms with van der Waals surface area (Å²) in [6, 6.07) is 29.8. The Morgan fingerprint density at radius 2 is 1.55 bits per heavy atom. The number of fused-ring (bicyclic) bond motifs is 1.